The number of rotatable bonds is 7. The molecular formula is C26H22N6OS. The number of nitrogens with zero attached hydrogens (tertiary/aromatic N) is 4. The summed E-state index contributed by atoms with van der Waals surface area (Å²) >= 11 is 1.68. The van der Waals surface area contributed by atoms with Crippen LogP contribution in [0.25, 0.3) is 44.0 Å². The lowest BCUT2D eigenvalue weighted by molar-refractivity contribution is 0.568. The predicted octanol–water partition coefficient (Wildman–Crippen LogP) is 6.24. The zero-order valence-electron chi connectivity index (χ0n) is 18.6. The number of hydrogen-bond acceptors (Lipinski definition) is 7. The van der Waals surface area contributed by atoms with E-state index in [1.54, 1.807) is 23.9 Å². The molecule has 0 fully saturated rings. The molecule has 0 aliphatic carbocycles. The molecule has 0 aliphatic heterocycles. The highest BCUT2D eigenvalue weighted by molar-refractivity contribution is 7.18. The van der Waals surface area contributed by atoms with Crippen LogP contribution in [0.15, 0.2) is 71.8 Å². The summed E-state index contributed by atoms with van der Waals surface area (Å²) in [6, 6.07) is 14.5. The van der Waals surface area contributed by atoms with Gasteiger partial charge in [0, 0.05) is 23.2 Å². The van der Waals surface area contributed by atoms with Crippen LogP contribution >= 0.6 is 11.3 Å². The molecule has 6 rings (SSSR count). The highest BCUT2D eigenvalue weighted by atomic mass is 32.1. The molecule has 7 nitrogen and oxygen atoms in total. The summed E-state index contributed by atoms with van der Waals surface area (Å²) in [7, 11) is 0. The van der Waals surface area contributed by atoms with Gasteiger partial charge < -0.3 is 14.7 Å². The summed E-state index contributed by atoms with van der Waals surface area (Å²) in [5.74, 6) is 1.56. The Morgan fingerprint density at radius 3 is 2.79 bits per heavy atom. The second kappa shape index (κ2) is 8.72. The summed E-state index contributed by atoms with van der Waals surface area (Å²) < 4.78 is 5.22. The molecule has 5 heterocycles. The monoisotopic (exact) mass is 466 g/mol. The molecule has 0 bridgehead atoms. The molecule has 2 N–H and O–H groups in total. The molecule has 8 heteroatoms. The van der Waals surface area contributed by atoms with Crippen LogP contribution in [0.1, 0.15) is 16.9 Å². The third kappa shape index (κ3) is 4.04. The van der Waals surface area contributed by atoms with Gasteiger partial charge in [0.2, 0.25) is 0 Å². The summed E-state index contributed by atoms with van der Waals surface area (Å²) in [5.41, 5.74) is 5.82. The van der Waals surface area contributed by atoms with E-state index < -0.39 is 0 Å². The largest absolute Gasteiger partial charge is 0.472 e. The van der Waals surface area contributed by atoms with Crippen LogP contribution in [0.5, 0.6) is 0 Å². The molecule has 0 unspecified atom stereocenters. The number of benzene rings is 1. The first-order valence-electron chi connectivity index (χ1n) is 11.2. The van der Waals surface area contributed by atoms with Crippen molar-refractivity contribution in [3.8, 4) is 22.6 Å². The Hall–Kier alpha value is -4.04. The van der Waals surface area contributed by atoms with Gasteiger partial charge in [-0.25, -0.2) is 19.9 Å². The van der Waals surface area contributed by atoms with E-state index in [-0.39, 0.29) is 0 Å². The van der Waals surface area contributed by atoms with Gasteiger partial charge in [-0.05, 0) is 43.5 Å². The minimum atomic E-state index is 0.683. The van der Waals surface area contributed by atoms with Crippen LogP contribution in [-0.4, -0.2) is 31.5 Å². The molecule has 0 saturated heterocycles. The average molecular weight is 467 g/mol. The van der Waals surface area contributed by atoms with Crippen molar-refractivity contribution in [3.05, 3.63) is 77.8 Å². The third-order valence-electron chi connectivity index (χ3n) is 5.74. The maximum atomic E-state index is 5.22. The zero-order valence-corrected chi connectivity index (χ0v) is 19.4. The van der Waals surface area contributed by atoms with Gasteiger partial charge in [0.15, 0.2) is 11.5 Å². The summed E-state index contributed by atoms with van der Waals surface area (Å²) in [5, 5.41) is 4.60. The van der Waals surface area contributed by atoms with Crippen LogP contribution in [-0.2, 0) is 6.42 Å². The molecule has 0 radical (unpaired) electrons. The Bertz CT molecular complexity index is 1570. The van der Waals surface area contributed by atoms with Gasteiger partial charge in [-0.1, -0.05) is 24.3 Å². The second-order valence-electron chi connectivity index (χ2n) is 8.18. The van der Waals surface area contributed by atoms with E-state index in [4.69, 9.17) is 14.4 Å². The van der Waals surface area contributed by atoms with Crippen LogP contribution in [0.3, 0.4) is 0 Å². The fourth-order valence-corrected chi connectivity index (χ4v) is 4.89. The van der Waals surface area contributed by atoms with Crippen molar-refractivity contribution in [1.29, 1.82) is 0 Å². The first-order chi connectivity index (χ1) is 16.7. The molecule has 1 aromatic carbocycles. The topological polar surface area (TPSA) is 92.5 Å². The van der Waals surface area contributed by atoms with E-state index in [0.717, 1.165) is 63.4 Å². The molecule has 0 saturated carbocycles. The fraction of sp³-hybridized carbons (Fsp3) is 0.154. The number of aryl methyl sites for hydroxylation is 2. The van der Waals surface area contributed by atoms with Gasteiger partial charge in [-0.15, -0.1) is 11.3 Å². The van der Waals surface area contributed by atoms with E-state index in [9.17, 15) is 0 Å². The number of hydrogen-bond donors (Lipinski definition) is 2. The maximum Gasteiger partial charge on any atom is 0.166 e. The SMILES string of the molecule is Cc1cc2c(NCCCc3ccc(-c4cnc5[nH]ccc5n4)cc3)nc(-c3ccoc3)nc2s1. The lowest BCUT2D eigenvalue weighted by Crippen LogP contribution is -2.06. The molecule has 168 valence electrons. The van der Waals surface area contributed by atoms with E-state index in [2.05, 4.69) is 57.5 Å². The van der Waals surface area contributed by atoms with Gasteiger partial charge in [-0.2, -0.15) is 0 Å². The molecular weight excluding hydrogens is 444 g/mol. The quantitative estimate of drug-likeness (QED) is 0.270. The zero-order chi connectivity index (χ0) is 22.9. The number of nitrogens with one attached hydrogen (secondary N) is 2. The van der Waals surface area contributed by atoms with Crippen molar-refractivity contribution in [2.24, 2.45) is 0 Å². The van der Waals surface area contributed by atoms with Crippen LogP contribution in [0.4, 0.5) is 5.82 Å². The molecule has 0 aliphatic rings. The van der Waals surface area contributed by atoms with Crippen molar-refractivity contribution >= 4 is 38.5 Å². The van der Waals surface area contributed by atoms with Crippen molar-refractivity contribution in [2.75, 3.05) is 11.9 Å². The van der Waals surface area contributed by atoms with Gasteiger partial charge in [0.1, 0.15) is 22.4 Å². The number of furan rings is 1. The number of thiophene rings is 1. The Kier molecular flexibility index (Phi) is 5.27. The van der Waals surface area contributed by atoms with Crippen molar-refractivity contribution in [2.45, 2.75) is 19.8 Å². The molecule has 34 heavy (non-hydrogen) atoms. The van der Waals surface area contributed by atoms with Crippen molar-refractivity contribution in [3.63, 3.8) is 0 Å². The van der Waals surface area contributed by atoms with Crippen LogP contribution < -0.4 is 5.32 Å². The number of aromatic nitrogens is 5. The van der Waals surface area contributed by atoms with Crippen LogP contribution in [0, 0.1) is 6.92 Å². The molecule has 5 aromatic heterocycles. The maximum absolute atomic E-state index is 5.22. The third-order valence-corrected chi connectivity index (χ3v) is 6.68. The number of fused-ring (bicyclic) bond motifs is 2. The molecule has 6 aromatic rings. The second-order valence-corrected chi connectivity index (χ2v) is 9.41. The van der Waals surface area contributed by atoms with E-state index in [0.29, 0.717) is 5.82 Å². The minimum absolute atomic E-state index is 0.683. The first-order valence-corrected chi connectivity index (χ1v) is 12.0. The van der Waals surface area contributed by atoms with E-state index in [1.807, 2.05) is 24.5 Å². The van der Waals surface area contributed by atoms with Gasteiger partial charge in [0.25, 0.3) is 0 Å². The minimum Gasteiger partial charge on any atom is -0.472 e. The van der Waals surface area contributed by atoms with Crippen molar-refractivity contribution in [1.82, 2.24) is 24.9 Å². The standard InChI is InChI=1S/C26H22N6OS/c1-16-13-20-24(31-23(32-26(20)34-16)19-9-12-33-15-19)27-10-2-3-17-4-6-18(7-5-17)22-14-29-25-21(30-22)8-11-28-25/h4-9,11-15H,2-3,10H2,1H3,(H,28,29)(H,27,31,32). The molecule has 0 amide bonds. The first kappa shape index (κ1) is 20.6. The molecule has 0 atom stereocenters. The van der Waals surface area contributed by atoms with Crippen LogP contribution in [0.2, 0.25) is 0 Å². The Labute approximate surface area is 199 Å². The molecule has 0 spiro atoms. The normalized spacial score (nSPS) is 11.4. The smallest absolute Gasteiger partial charge is 0.166 e. The van der Waals surface area contributed by atoms with Gasteiger partial charge in [0.05, 0.1) is 29.1 Å². The Morgan fingerprint density at radius 1 is 1.03 bits per heavy atom. The van der Waals surface area contributed by atoms with Crippen molar-refractivity contribution < 1.29 is 4.42 Å². The number of aromatic amines is 1. The summed E-state index contributed by atoms with van der Waals surface area (Å²) in [4.78, 5) is 23.9. The Balaban J connectivity index is 1.12. The fourth-order valence-electron chi connectivity index (χ4n) is 4.01. The summed E-state index contributed by atoms with van der Waals surface area (Å²) in [6.07, 6.45) is 8.95. The highest BCUT2D eigenvalue weighted by Gasteiger charge is 2.12. The van der Waals surface area contributed by atoms with E-state index in [1.165, 1.54) is 10.4 Å². The average Bonchev–Trinajstić information content (AvgIpc) is 3.62. The van der Waals surface area contributed by atoms with E-state index >= 15 is 0 Å². The Morgan fingerprint density at radius 2 is 1.94 bits per heavy atom. The van der Waals surface area contributed by atoms with Gasteiger partial charge >= 0.3 is 0 Å². The lowest BCUT2D eigenvalue weighted by Gasteiger charge is -2.09. The number of H-pyrrole nitrogens is 1. The highest BCUT2D eigenvalue weighted by Crippen LogP contribution is 2.31. The van der Waals surface area contributed by atoms with Gasteiger partial charge in [-0.3, -0.25) is 0 Å². The summed E-state index contributed by atoms with van der Waals surface area (Å²) in [6.45, 7) is 2.92. The lowest BCUT2D eigenvalue weighted by atomic mass is 10.1. The predicted molar refractivity (Wildman–Crippen MR) is 136 cm³/mol. The number of anilines is 1.